The van der Waals surface area contributed by atoms with E-state index in [9.17, 15) is 0 Å². The fourth-order valence-electron chi connectivity index (χ4n) is 5.01. The number of para-hydroxylation sites is 3. The van der Waals surface area contributed by atoms with Crippen molar-refractivity contribution in [1.29, 1.82) is 0 Å². The molecule has 0 aliphatic heterocycles. The van der Waals surface area contributed by atoms with Gasteiger partial charge in [0.15, 0.2) is 0 Å². The molecular formula is C32H26AlN2O2Si. The van der Waals surface area contributed by atoms with E-state index in [1.165, 1.54) is 15.6 Å². The fourth-order valence-corrected chi connectivity index (χ4v) is 10.7. The first-order valence-electron chi connectivity index (χ1n) is 12.6. The van der Waals surface area contributed by atoms with Crippen LogP contribution >= 0.6 is 0 Å². The predicted molar refractivity (Wildman–Crippen MR) is 158 cm³/mol. The van der Waals surface area contributed by atoms with Gasteiger partial charge in [0.25, 0.3) is 8.32 Å². The molecule has 0 N–H and O–H groups in total. The smallest absolute Gasteiger partial charge is 0.626 e. The topological polar surface area (TPSA) is 36.3 Å². The largest absolute Gasteiger partial charge is 0.763 e. The van der Waals surface area contributed by atoms with Crippen molar-refractivity contribution >= 4 is 50.8 Å². The van der Waals surface area contributed by atoms with Crippen LogP contribution in [0.5, 0.6) is 5.75 Å². The molecule has 5 aromatic carbocycles. The average Bonchev–Trinajstić information content (AvgIpc) is 3.33. The second-order valence-corrected chi connectivity index (χ2v) is 13.6. The van der Waals surface area contributed by atoms with Crippen LogP contribution in [0, 0.1) is 0 Å². The van der Waals surface area contributed by atoms with Gasteiger partial charge in [0, 0.05) is 7.05 Å². The number of aromatic nitrogens is 2. The van der Waals surface area contributed by atoms with Gasteiger partial charge in [-0.15, -0.1) is 0 Å². The number of imidazole rings is 1. The van der Waals surface area contributed by atoms with Gasteiger partial charge in [-0.2, -0.15) is 0 Å². The zero-order valence-corrected chi connectivity index (χ0v) is 23.2. The van der Waals surface area contributed by atoms with Gasteiger partial charge in [-0.05, 0) is 39.8 Å². The summed E-state index contributed by atoms with van der Waals surface area (Å²) in [4.78, 5) is 4.90. The molecule has 0 atom stereocenters. The maximum Gasteiger partial charge on any atom is 0.763 e. The van der Waals surface area contributed by atoms with Crippen LogP contribution in [-0.2, 0) is 10.5 Å². The molecule has 1 aromatic heterocycles. The van der Waals surface area contributed by atoms with E-state index < -0.39 is 24.2 Å². The molecule has 0 unspecified atom stereocenters. The molecule has 6 heteroatoms. The second-order valence-electron chi connectivity index (χ2n) is 9.09. The first-order chi connectivity index (χ1) is 18.8. The van der Waals surface area contributed by atoms with E-state index in [4.69, 9.17) is 12.3 Å². The monoisotopic (exact) mass is 525 g/mol. The van der Waals surface area contributed by atoms with Crippen molar-refractivity contribution < 1.29 is 7.27 Å². The Morgan fingerprint density at radius 3 is 1.68 bits per heavy atom. The van der Waals surface area contributed by atoms with E-state index in [0.717, 1.165) is 28.2 Å². The number of fused-ring (bicyclic) bond motifs is 1. The van der Waals surface area contributed by atoms with Crippen molar-refractivity contribution in [2.75, 3.05) is 0 Å². The number of nitrogens with zero attached hydrogens (tertiary/aromatic N) is 2. The molecule has 0 aliphatic carbocycles. The van der Waals surface area contributed by atoms with Crippen LogP contribution in [0.3, 0.4) is 0 Å². The molecule has 1 radical (unpaired) electrons. The quantitative estimate of drug-likeness (QED) is 0.211. The Morgan fingerprint density at radius 1 is 0.605 bits per heavy atom. The van der Waals surface area contributed by atoms with Crippen molar-refractivity contribution in [1.82, 2.24) is 9.55 Å². The number of hydrogen-bond donors (Lipinski definition) is 0. The van der Waals surface area contributed by atoms with Gasteiger partial charge in [0.1, 0.15) is 5.82 Å². The molecule has 0 saturated heterocycles. The summed E-state index contributed by atoms with van der Waals surface area (Å²) in [7, 11) is -0.776. The average molecular weight is 526 g/mol. The Kier molecular flexibility index (Phi) is 6.96. The fraction of sp³-hybridized carbons (Fsp3) is 0.0312. The van der Waals surface area contributed by atoms with Crippen molar-refractivity contribution in [3.05, 3.63) is 140 Å². The lowest BCUT2D eigenvalue weighted by molar-refractivity contribution is 0.467. The van der Waals surface area contributed by atoms with Gasteiger partial charge in [0.2, 0.25) is 0 Å². The molecule has 38 heavy (non-hydrogen) atoms. The first-order valence-corrected chi connectivity index (χ1v) is 15.5. The summed E-state index contributed by atoms with van der Waals surface area (Å²) in [5.74, 6) is 1.65. The summed E-state index contributed by atoms with van der Waals surface area (Å²) in [6.07, 6.45) is 0. The molecule has 0 bridgehead atoms. The van der Waals surface area contributed by atoms with E-state index in [1.807, 2.05) is 43.4 Å². The minimum Gasteiger partial charge on any atom is -0.626 e. The predicted octanol–water partition coefficient (Wildman–Crippen LogP) is 4.84. The zero-order chi connectivity index (χ0) is 25.8. The Bertz CT molecular complexity index is 1560. The highest BCUT2D eigenvalue weighted by molar-refractivity contribution is 7.08. The third-order valence-corrected chi connectivity index (χ3v) is 12.4. The molecule has 6 aromatic rings. The minimum atomic E-state index is -2.82. The van der Waals surface area contributed by atoms with E-state index in [2.05, 4.69) is 108 Å². The highest BCUT2D eigenvalue weighted by Gasteiger charge is 2.42. The minimum absolute atomic E-state index is 0.776. The Balaban J connectivity index is 1.39. The molecule has 6 rings (SSSR count). The number of hydrogen-bond acceptors (Lipinski definition) is 3. The van der Waals surface area contributed by atoms with Gasteiger partial charge in [-0.3, -0.25) is 0 Å². The van der Waals surface area contributed by atoms with Crippen molar-refractivity contribution in [3.8, 4) is 17.1 Å². The normalized spacial score (nSPS) is 11.4. The van der Waals surface area contributed by atoms with Gasteiger partial charge in [-0.25, -0.2) is 4.98 Å². The molecule has 0 aliphatic rings. The van der Waals surface area contributed by atoms with Crippen LogP contribution in [0.1, 0.15) is 0 Å². The van der Waals surface area contributed by atoms with Gasteiger partial charge in [0.05, 0.1) is 22.3 Å². The summed E-state index contributed by atoms with van der Waals surface area (Å²) in [5.41, 5.74) is 3.00. The summed E-state index contributed by atoms with van der Waals surface area (Å²) >= 11 is -0.838. The van der Waals surface area contributed by atoms with Crippen molar-refractivity contribution in [2.24, 2.45) is 7.05 Å². The zero-order valence-electron chi connectivity index (χ0n) is 21.1. The Labute approximate surface area is 230 Å². The highest BCUT2D eigenvalue weighted by atomic mass is 28.4. The lowest BCUT2D eigenvalue weighted by Crippen LogP contribution is -2.70. The van der Waals surface area contributed by atoms with Crippen LogP contribution in [0.4, 0.5) is 0 Å². The van der Waals surface area contributed by atoms with Crippen LogP contribution in [0.2, 0.25) is 0 Å². The molecule has 4 nitrogen and oxygen atoms in total. The summed E-state index contributed by atoms with van der Waals surface area (Å²) < 4.78 is 15.7. The molecular weight excluding hydrogens is 499 g/mol. The maximum atomic E-state index is 7.04. The van der Waals surface area contributed by atoms with Crippen LogP contribution < -0.4 is 19.3 Å². The molecule has 0 amide bonds. The SMILES string of the molecule is Cn1c(-c2ccccc2[O][Al][O][Si](c2ccccc2)(c2ccccc2)c2ccccc2)nc2ccccc21. The van der Waals surface area contributed by atoms with E-state index in [0.29, 0.717) is 0 Å². The third kappa shape index (κ3) is 4.49. The Hall–Kier alpha value is -3.92. The van der Waals surface area contributed by atoms with Crippen molar-refractivity contribution in [3.63, 3.8) is 0 Å². The molecule has 183 valence electrons. The highest BCUT2D eigenvalue weighted by Crippen LogP contribution is 2.31. The Morgan fingerprint density at radius 2 is 1.11 bits per heavy atom. The second kappa shape index (κ2) is 10.8. The first kappa shape index (κ1) is 24.4. The van der Waals surface area contributed by atoms with Gasteiger partial charge >= 0.3 is 15.9 Å². The van der Waals surface area contributed by atoms with Crippen LogP contribution in [-0.4, -0.2) is 33.8 Å². The number of rotatable bonds is 8. The third-order valence-electron chi connectivity index (χ3n) is 6.86. The summed E-state index contributed by atoms with van der Waals surface area (Å²) in [6, 6.07) is 48.0. The molecule has 0 spiro atoms. The van der Waals surface area contributed by atoms with E-state index in [-0.39, 0.29) is 0 Å². The number of benzene rings is 5. The lowest BCUT2D eigenvalue weighted by atomic mass is 10.2. The summed E-state index contributed by atoms with van der Waals surface area (Å²) in [6.45, 7) is 0. The maximum absolute atomic E-state index is 7.04. The van der Waals surface area contributed by atoms with Crippen molar-refractivity contribution in [2.45, 2.75) is 0 Å². The van der Waals surface area contributed by atoms with Gasteiger partial charge in [-0.1, -0.05) is 115 Å². The molecule has 1 heterocycles. The van der Waals surface area contributed by atoms with Crippen LogP contribution in [0.25, 0.3) is 22.4 Å². The number of aryl methyl sites for hydroxylation is 1. The standard InChI is InChI=1S/C18H15OSi.C14H12N2O.Al/c19-20(16-10-4-1-5-11-16,17-12-6-2-7-13-17)18-14-8-3-9-15-18;1-16-12-8-4-3-7-11(12)15-14(16)10-6-2-5-9-13(10)17;/h1-15H;2-9,17H,1H3;/q-1;;+2/p-1. The lowest BCUT2D eigenvalue weighted by Gasteiger charge is -2.34. The van der Waals surface area contributed by atoms with Gasteiger partial charge < -0.3 is 11.8 Å². The molecule has 0 saturated carbocycles. The van der Waals surface area contributed by atoms with Crippen LogP contribution in [0.15, 0.2) is 140 Å². The van der Waals surface area contributed by atoms with E-state index >= 15 is 0 Å². The van der Waals surface area contributed by atoms with E-state index in [1.54, 1.807) is 0 Å². The molecule has 0 fully saturated rings. The summed E-state index contributed by atoms with van der Waals surface area (Å²) in [5, 5.41) is 3.58.